The highest BCUT2D eigenvalue weighted by atomic mass is 127. The predicted molar refractivity (Wildman–Crippen MR) is 113 cm³/mol. The summed E-state index contributed by atoms with van der Waals surface area (Å²) in [7, 11) is 0. The molecule has 1 aromatic carbocycles. The summed E-state index contributed by atoms with van der Waals surface area (Å²) in [6.45, 7) is 4.51. The van der Waals surface area contributed by atoms with Gasteiger partial charge in [0.25, 0.3) is 0 Å². The average Bonchev–Trinajstić information content (AvgIpc) is 3.02. The second-order valence-corrected chi connectivity index (χ2v) is 10.1. The largest absolute Gasteiger partial charge is 0.398 e. The van der Waals surface area contributed by atoms with Crippen molar-refractivity contribution in [2.45, 2.75) is 30.6 Å². The van der Waals surface area contributed by atoms with Crippen molar-refractivity contribution in [1.82, 2.24) is 0 Å². The molecule has 23 heavy (non-hydrogen) atoms. The molecular weight excluding hydrogens is 433 g/mol. The number of aryl methyl sites for hydroxylation is 1. The molecule has 1 unspecified atom stereocenters. The van der Waals surface area contributed by atoms with Gasteiger partial charge in [-0.05, 0) is 55.7 Å². The smallest absolute Gasteiger partial charge is 0.0413 e. The fourth-order valence-corrected chi connectivity index (χ4v) is 7.27. The van der Waals surface area contributed by atoms with Crippen molar-refractivity contribution in [2.75, 3.05) is 5.73 Å². The Morgan fingerprint density at radius 3 is 2.87 bits per heavy atom. The Morgan fingerprint density at radius 2 is 2.09 bits per heavy atom. The van der Waals surface area contributed by atoms with Gasteiger partial charge in [-0.25, -0.2) is 0 Å². The number of halogens is 1. The van der Waals surface area contributed by atoms with Crippen LogP contribution in [0.25, 0.3) is 16.2 Å². The SMILES string of the molecule is Cc1sc2c(c1C)C(I)CC(Cc1cc3c(N)cccc3s1)=C2. The van der Waals surface area contributed by atoms with Crippen molar-refractivity contribution >= 4 is 67.1 Å². The van der Waals surface area contributed by atoms with Crippen molar-refractivity contribution in [3.8, 4) is 0 Å². The second kappa shape index (κ2) is 5.90. The number of hydrogen-bond acceptors (Lipinski definition) is 3. The van der Waals surface area contributed by atoms with Crippen LogP contribution in [0.15, 0.2) is 29.8 Å². The zero-order valence-electron chi connectivity index (χ0n) is 13.2. The van der Waals surface area contributed by atoms with Gasteiger partial charge >= 0.3 is 0 Å². The first-order valence-corrected chi connectivity index (χ1v) is 10.6. The lowest BCUT2D eigenvalue weighted by Gasteiger charge is -2.19. The van der Waals surface area contributed by atoms with Crippen LogP contribution in [0.5, 0.6) is 0 Å². The van der Waals surface area contributed by atoms with E-state index in [0.29, 0.717) is 3.92 Å². The van der Waals surface area contributed by atoms with Gasteiger partial charge in [-0.2, -0.15) is 0 Å². The lowest BCUT2D eigenvalue weighted by atomic mass is 9.93. The maximum Gasteiger partial charge on any atom is 0.0413 e. The molecule has 0 amide bonds. The van der Waals surface area contributed by atoms with Crippen molar-refractivity contribution < 1.29 is 0 Å². The van der Waals surface area contributed by atoms with Gasteiger partial charge in [-0.1, -0.05) is 34.2 Å². The Labute approximate surface area is 158 Å². The fraction of sp³-hybridized carbons (Fsp3) is 0.263. The zero-order chi connectivity index (χ0) is 16.1. The molecule has 3 aromatic rings. The van der Waals surface area contributed by atoms with E-state index in [1.807, 2.05) is 34.8 Å². The number of nitrogens with two attached hydrogens (primary N) is 1. The molecule has 1 aliphatic rings. The first kappa shape index (κ1) is 15.7. The maximum absolute atomic E-state index is 6.10. The normalized spacial score (nSPS) is 17.3. The number of anilines is 1. The molecule has 0 radical (unpaired) electrons. The van der Waals surface area contributed by atoms with E-state index in [1.165, 1.54) is 30.3 Å². The van der Waals surface area contributed by atoms with E-state index in [4.69, 9.17) is 5.73 Å². The number of fused-ring (bicyclic) bond motifs is 2. The molecule has 0 saturated heterocycles. The number of alkyl halides is 1. The molecule has 2 aromatic heterocycles. The van der Waals surface area contributed by atoms with E-state index in [2.05, 4.69) is 54.6 Å². The molecule has 0 saturated carbocycles. The number of thiophene rings is 2. The van der Waals surface area contributed by atoms with E-state index in [9.17, 15) is 0 Å². The average molecular weight is 451 g/mol. The van der Waals surface area contributed by atoms with Crippen LogP contribution in [0, 0.1) is 13.8 Å². The van der Waals surface area contributed by atoms with Gasteiger partial charge in [0, 0.05) is 40.8 Å². The summed E-state index contributed by atoms with van der Waals surface area (Å²) in [5.74, 6) is 0. The molecule has 0 aliphatic heterocycles. The second-order valence-electron chi connectivity index (χ2n) is 6.18. The summed E-state index contributed by atoms with van der Waals surface area (Å²) < 4.78 is 1.90. The lowest BCUT2D eigenvalue weighted by molar-refractivity contribution is 0.898. The van der Waals surface area contributed by atoms with Crippen LogP contribution in [0.1, 0.15) is 36.1 Å². The predicted octanol–water partition coefficient (Wildman–Crippen LogP) is 6.67. The molecule has 2 N–H and O–H groups in total. The van der Waals surface area contributed by atoms with Gasteiger partial charge in [0.2, 0.25) is 0 Å². The number of nitrogen functional groups attached to an aromatic ring is 1. The quantitative estimate of drug-likeness (QED) is 0.263. The Bertz CT molecular complexity index is 932. The van der Waals surface area contributed by atoms with E-state index in [1.54, 1.807) is 11.1 Å². The van der Waals surface area contributed by atoms with Crippen LogP contribution in [0.2, 0.25) is 0 Å². The van der Waals surface area contributed by atoms with E-state index < -0.39 is 0 Å². The molecule has 4 rings (SSSR count). The maximum atomic E-state index is 6.10. The monoisotopic (exact) mass is 451 g/mol. The minimum atomic E-state index is 0.604. The summed E-state index contributed by atoms with van der Waals surface area (Å²) in [5.41, 5.74) is 11.6. The van der Waals surface area contributed by atoms with E-state index >= 15 is 0 Å². The molecule has 118 valence electrons. The number of allylic oxidation sites excluding steroid dienone is 1. The van der Waals surface area contributed by atoms with Crippen LogP contribution >= 0.6 is 45.3 Å². The molecule has 1 atom stereocenters. The summed E-state index contributed by atoms with van der Waals surface area (Å²) in [4.78, 5) is 4.35. The van der Waals surface area contributed by atoms with Crippen molar-refractivity contribution in [3.63, 3.8) is 0 Å². The number of rotatable bonds is 2. The van der Waals surface area contributed by atoms with Gasteiger partial charge in [-0.3, -0.25) is 0 Å². The Balaban J connectivity index is 1.69. The molecule has 0 fully saturated rings. The topological polar surface area (TPSA) is 26.0 Å². The van der Waals surface area contributed by atoms with Gasteiger partial charge in [0.15, 0.2) is 0 Å². The summed E-state index contributed by atoms with van der Waals surface area (Å²) in [5, 5.41) is 1.21. The van der Waals surface area contributed by atoms with Crippen LogP contribution in [0.3, 0.4) is 0 Å². The Morgan fingerprint density at radius 1 is 1.26 bits per heavy atom. The highest BCUT2D eigenvalue weighted by Gasteiger charge is 2.24. The highest BCUT2D eigenvalue weighted by molar-refractivity contribution is 14.1. The van der Waals surface area contributed by atoms with Crippen LogP contribution < -0.4 is 5.73 Å². The fourth-order valence-electron chi connectivity index (χ4n) is 3.31. The van der Waals surface area contributed by atoms with Gasteiger partial charge in [0.1, 0.15) is 0 Å². The van der Waals surface area contributed by atoms with Gasteiger partial charge < -0.3 is 5.73 Å². The Hall–Kier alpha value is -0.850. The van der Waals surface area contributed by atoms with Crippen LogP contribution in [-0.2, 0) is 6.42 Å². The lowest BCUT2D eigenvalue weighted by Crippen LogP contribution is -2.02. The third-order valence-corrected chi connectivity index (χ3v) is 7.93. The molecule has 0 spiro atoms. The minimum Gasteiger partial charge on any atom is -0.398 e. The van der Waals surface area contributed by atoms with Gasteiger partial charge in [-0.15, -0.1) is 22.7 Å². The summed E-state index contributed by atoms with van der Waals surface area (Å²) in [6.07, 6.45) is 4.64. The number of benzene rings is 1. The molecule has 1 aliphatic carbocycles. The summed E-state index contributed by atoms with van der Waals surface area (Å²) in [6, 6.07) is 8.48. The molecule has 0 bridgehead atoms. The van der Waals surface area contributed by atoms with E-state index in [0.717, 1.165) is 18.5 Å². The van der Waals surface area contributed by atoms with E-state index in [-0.39, 0.29) is 0 Å². The number of hydrogen-bond donors (Lipinski definition) is 1. The first-order valence-electron chi connectivity index (χ1n) is 7.73. The Kier molecular flexibility index (Phi) is 4.02. The third-order valence-electron chi connectivity index (χ3n) is 4.60. The molecular formula is C19H18INS2. The zero-order valence-corrected chi connectivity index (χ0v) is 16.9. The highest BCUT2D eigenvalue weighted by Crippen LogP contribution is 2.45. The third kappa shape index (κ3) is 2.75. The minimum absolute atomic E-state index is 0.604. The molecule has 2 heterocycles. The van der Waals surface area contributed by atoms with Crippen LogP contribution in [0.4, 0.5) is 5.69 Å². The molecule has 4 heteroatoms. The van der Waals surface area contributed by atoms with Crippen molar-refractivity contribution in [3.05, 3.63) is 55.6 Å². The molecule has 1 nitrogen and oxygen atoms in total. The van der Waals surface area contributed by atoms with Gasteiger partial charge in [0.05, 0.1) is 0 Å². The first-order chi connectivity index (χ1) is 11.0. The standard InChI is InChI=1S/C19H18INS2/c1-10-11(2)22-18-8-12(7-15(20)19(10)18)6-13-9-14-16(21)4-3-5-17(14)23-13/h3-5,8-9,15H,6-7,21H2,1-2H3. The summed E-state index contributed by atoms with van der Waals surface area (Å²) >= 11 is 6.43. The van der Waals surface area contributed by atoms with Crippen molar-refractivity contribution in [1.29, 1.82) is 0 Å². The van der Waals surface area contributed by atoms with Crippen molar-refractivity contribution in [2.24, 2.45) is 0 Å². The van der Waals surface area contributed by atoms with Crippen LogP contribution in [-0.4, -0.2) is 0 Å².